The van der Waals surface area contributed by atoms with Gasteiger partial charge in [0.2, 0.25) is 0 Å². The van der Waals surface area contributed by atoms with Crippen molar-refractivity contribution in [2.45, 2.75) is 20.8 Å². The zero-order chi connectivity index (χ0) is 26.8. The van der Waals surface area contributed by atoms with Gasteiger partial charge in [0.1, 0.15) is 0 Å². The molecule has 0 N–H and O–H groups in total. The van der Waals surface area contributed by atoms with E-state index < -0.39 is 0 Å². The van der Waals surface area contributed by atoms with Crippen molar-refractivity contribution in [2.24, 2.45) is 0 Å². The van der Waals surface area contributed by atoms with Crippen molar-refractivity contribution in [3.05, 3.63) is 139 Å². The molecule has 0 aliphatic carbocycles. The fourth-order valence-corrected chi connectivity index (χ4v) is 5.28. The topological polar surface area (TPSA) is 6.48 Å². The Balaban J connectivity index is 1.60. The minimum atomic E-state index is 1.01. The number of aryl methyl sites for hydroxylation is 3. The maximum absolute atomic E-state index is 3.69. The number of hydrogen-bond donors (Lipinski definition) is 0. The van der Waals surface area contributed by atoms with E-state index in [1.165, 1.54) is 16.7 Å². The summed E-state index contributed by atoms with van der Waals surface area (Å²) in [6.45, 7) is 6.36. The lowest BCUT2D eigenvalue weighted by molar-refractivity contribution is 1.24. The number of benzene rings is 5. The zero-order valence-electron chi connectivity index (χ0n) is 21.4. The van der Waals surface area contributed by atoms with Crippen molar-refractivity contribution < 1.29 is 0 Å². The van der Waals surface area contributed by atoms with Gasteiger partial charge in [-0.2, -0.15) is 0 Å². The summed E-state index contributed by atoms with van der Waals surface area (Å²) in [6.07, 6.45) is 0. The van der Waals surface area contributed by atoms with E-state index in [4.69, 9.17) is 0 Å². The third kappa shape index (κ3) is 5.75. The molecule has 0 saturated heterocycles. The molecule has 0 bridgehead atoms. The van der Waals surface area contributed by atoms with Crippen LogP contribution in [0.25, 0.3) is 0 Å². The van der Waals surface area contributed by atoms with Gasteiger partial charge < -0.3 is 9.80 Å². The Labute approximate surface area is 250 Å². The summed E-state index contributed by atoms with van der Waals surface area (Å²) < 4.78 is 3.13. The van der Waals surface area contributed by atoms with E-state index in [9.17, 15) is 0 Å². The van der Waals surface area contributed by atoms with E-state index in [0.29, 0.717) is 0 Å². The second-order valence-electron chi connectivity index (χ2n) is 9.39. The zero-order valence-corrected chi connectivity index (χ0v) is 26.2. The molecule has 5 aromatic rings. The molecular weight excluding hydrogens is 664 g/mol. The van der Waals surface area contributed by atoms with E-state index in [0.717, 1.165) is 47.5 Å². The second-order valence-corrected chi connectivity index (χ2v) is 12.0. The van der Waals surface area contributed by atoms with Gasteiger partial charge >= 0.3 is 0 Å². The lowest BCUT2D eigenvalue weighted by Crippen LogP contribution is -2.12. The first-order chi connectivity index (χ1) is 18.3. The number of anilines is 6. The molecule has 190 valence electrons. The first kappa shape index (κ1) is 26.7. The summed E-state index contributed by atoms with van der Waals surface area (Å²) in [5.41, 5.74) is 10.3. The van der Waals surface area contributed by atoms with Crippen LogP contribution < -0.4 is 9.80 Å². The van der Waals surface area contributed by atoms with Crippen LogP contribution >= 0.6 is 47.8 Å². The maximum Gasteiger partial charge on any atom is 0.0473 e. The Hall–Kier alpha value is -2.86. The quantitative estimate of drug-likeness (QED) is 0.175. The lowest BCUT2D eigenvalue weighted by atomic mass is 10.1. The van der Waals surface area contributed by atoms with Crippen LogP contribution in [0, 0.1) is 20.8 Å². The van der Waals surface area contributed by atoms with Crippen LogP contribution in [0.3, 0.4) is 0 Å². The average molecular weight is 691 g/mol. The van der Waals surface area contributed by atoms with Crippen molar-refractivity contribution in [2.75, 3.05) is 9.80 Å². The molecule has 0 atom stereocenters. The van der Waals surface area contributed by atoms with E-state index in [1.54, 1.807) is 0 Å². The fraction of sp³-hybridized carbons (Fsp3) is 0.0909. The van der Waals surface area contributed by atoms with Crippen LogP contribution in [-0.2, 0) is 0 Å². The highest BCUT2D eigenvalue weighted by Crippen LogP contribution is 2.41. The van der Waals surface area contributed by atoms with Gasteiger partial charge in [0, 0.05) is 47.5 Å². The standard InChI is InChI=1S/C33H27Br3N2/c1-22-4-8-25(9-5-22)37(26-10-6-23(2)7-11-26)27-12-14-28(15-13-27)38(29-16-18-31(34)24(3)20-29)30-17-19-32(35)33(36)21-30/h4-21H,1-3H3. The average Bonchev–Trinajstić information content (AvgIpc) is 2.91. The molecular formula is C33H27Br3N2. The van der Waals surface area contributed by atoms with Gasteiger partial charge in [-0.15, -0.1) is 0 Å². The van der Waals surface area contributed by atoms with Crippen LogP contribution in [0.1, 0.15) is 16.7 Å². The number of rotatable bonds is 6. The molecule has 0 fully saturated rings. The maximum atomic E-state index is 3.69. The van der Waals surface area contributed by atoms with E-state index in [1.807, 2.05) is 0 Å². The normalized spacial score (nSPS) is 10.9. The highest BCUT2D eigenvalue weighted by molar-refractivity contribution is 9.13. The van der Waals surface area contributed by atoms with Gasteiger partial charge in [0.15, 0.2) is 0 Å². The third-order valence-corrected chi connectivity index (χ3v) is 9.28. The molecule has 0 radical (unpaired) electrons. The molecule has 0 aliphatic rings. The molecule has 0 aliphatic heterocycles. The van der Waals surface area contributed by atoms with Gasteiger partial charge in [0.25, 0.3) is 0 Å². The van der Waals surface area contributed by atoms with Crippen LogP contribution in [0.4, 0.5) is 34.1 Å². The monoisotopic (exact) mass is 688 g/mol. The summed E-state index contributed by atoms with van der Waals surface area (Å²) in [4.78, 5) is 4.58. The van der Waals surface area contributed by atoms with Gasteiger partial charge in [0.05, 0.1) is 0 Å². The van der Waals surface area contributed by atoms with Crippen LogP contribution in [-0.4, -0.2) is 0 Å². The Bertz CT molecular complexity index is 1460. The molecule has 5 aromatic carbocycles. The highest BCUT2D eigenvalue weighted by atomic mass is 79.9. The van der Waals surface area contributed by atoms with Gasteiger partial charge in [-0.05, 0) is 143 Å². The largest absolute Gasteiger partial charge is 0.311 e. The van der Waals surface area contributed by atoms with Crippen LogP contribution in [0.5, 0.6) is 0 Å². The molecule has 5 heteroatoms. The van der Waals surface area contributed by atoms with Crippen molar-refractivity contribution >= 4 is 81.9 Å². The minimum absolute atomic E-state index is 1.01. The Morgan fingerprint density at radius 2 is 0.711 bits per heavy atom. The van der Waals surface area contributed by atoms with Gasteiger partial charge in [-0.25, -0.2) is 0 Å². The smallest absolute Gasteiger partial charge is 0.0473 e. The second kappa shape index (κ2) is 11.5. The first-order valence-corrected chi connectivity index (χ1v) is 14.7. The summed E-state index contributed by atoms with van der Waals surface area (Å²) in [7, 11) is 0. The molecule has 0 unspecified atom stereocenters. The summed E-state index contributed by atoms with van der Waals surface area (Å²) in [5, 5.41) is 0. The molecule has 0 spiro atoms. The molecule has 2 nitrogen and oxygen atoms in total. The number of halogens is 3. The fourth-order valence-electron chi connectivity index (χ4n) is 4.42. The molecule has 0 aromatic heterocycles. The number of nitrogens with zero attached hydrogens (tertiary/aromatic N) is 2. The van der Waals surface area contributed by atoms with Crippen LogP contribution in [0.15, 0.2) is 123 Å². The Morgan fingerprint density at radius 3 is 1.13 bits per heavy atom. The summed E-state index contributed by atoms with van der Waals surface area (Å²) >= 11 is 11.0. The Morgan fingerprint density at radius 1 is 0.368 bits per heavy atom. The predicted octanol–water partition coefficient (Wildman–Crippen LogP) is 11.8. The predicted molar refractivity (Wildman–Crippen MR) is 173 cm³/mol. The van der Waals surface area contributed by atoms with E-state index in [-0.39, 0.29) is 0 Å². The third-order valence-electron chi connectivity index (χ3n) is 6.51. The molecule has 5 rings (SSSR count). The molecule has 0 heterocycles. The number of hydrogen-bond acceptors (Lipinski definition) is 2. The van der Waals surface area contributed by atoms with Crippen molar-refractivity contribution in [3.8, 4) is 0 Å². The van der Waals surface area contributed by atoms with Crippen molar-refractivity contribution in [1.82, 2.24) is 0 Å². The molecule has 0 saturated carbocycles. The summed E-state index contributed by atoms with van der Waals surface area (Å²) in [5.74, 6) is 0. The lowest BCUT2D eigenvalue weighted by Gasteiger charge is -2.29. The van der Waals surface area contributed by atoms with Gasteiger partial charge in [-0.3, -0.25) is 0 Å². The molecule has 38 heavy (non-hydrogen) atoms. The molecule has 0 amide bonds. The highest BCUT2D eigenvalue weighted by Gasteiger charge is 2.17. The van der Waals surface area contributed by atoms with Crippen molar-refractivity contribution in [3.63, 3.8) is 0 Å². The Kier molecular flexibility index (Phi) is 8.08. The SMILES string of the molecule is Cc1ccc(N(c2ccc(C)cc2)c2ccc(N(c3ccc(Br)c(C)c3)c3ccc(Br)c(Br)c3)cc2)cc1. The minimum Gasteiger partial charge on any atom is -0.311 e. The first-order valence-electron chi connectivity index (χ1n) is 12.3. The van der Waals surface area contributed by atoms with Gasteiger partial charge in [-0.1, -0.05) is 51.3 Å². The van der Waals surface area contributed by atoms with Crippen LogP contribution in [0.2, 0.25) is 0 Å². The van der Waals surface area contributed by atoms with E-state index in [2.05, 4.69) is 188 Å². The summed E-state index contributed by atoms with van der Waals surface area (Å²) in [6, 6.07) is 38.9. The van der Waals surface area contributed by atoms with E-state index >= 15 is 0 Å². The van der Waals surface area contributed by atoms with Crippen molar-refractivity contribution in [1.29, 1.82) is 0 Å².